The molecule has 3 aromatic carbocycles. The molecule has 0 spiro atoms. The van der Waals surface area contributed by atoms with Gasteiger partial charge < -0.3 is 15.5 Å². The fourth-order valence-corrected chi connectivity index (χ4v) is 4.77. The minimum Gasteiger partial charge on any atom is -0.497 e. The molecular formula is C22H22N4O4S. The molecule has 3 aromatic rings. The number of likely N-dealkylation sites (tertiary alicyclic amines) is 1. The first-order valence-electron chi connectivity index (χ1n) is 9.61. The first-order chi connectivity index (χ1) is 14.9. The monoisotopic (exact) mass is 438 g/mol. The van der Waals surface area contributed by atoms with Crippen LogP contribution in [0.2, 0.25) is 0 Å². The SMILES string of the molecule is COc1ccc2ccc(S(=O)(=O)N[C@H]3CN(Cc4cccc(C=NN)c4)C3=O)cc2c1. The number of carbonyl (C=O) groups excluding carboxylic acids is 1. The van der Waals surface area contributed by atoms with Crippen LogP contribution in [0.3, 0.4) is 0 Å². The Hall–Kier alpha value is -3.43. The van der Waals surface area contributed by atoms with E-state index in [-0.39, 0.29) is 10.8 Å². The molecule has 1 atom stereocenters. The molecule has 1 heterocycles. The molecule has 31 heavy (non-hydrogen) atoms. The molecule has 0 unspecified atom stereocenters. The van der Waals surface area contributed by atoms with E-state index in [1.165, 1.54) is 12.3 Å². The van der Waals surface area contributed by atoms with Crippen molar-refractivity contribution in [2.75, 3.05) is 13.7 Å². The number of benzene rings is 3. The molecule has 4 rings (SSSR count). The zero-order valence-electron chi connectivity index (χ0n) is 16.9. The molecule has 1 fully saturated rings. The second-order valence-electron chi connectivity index (χ2n) is 7.29. The van der Waals surface area contributed by atoms with Crippen LogP contribution >= 0.6 is 0 Å². The Labute approximate surface area is 180 Å². The number of carbonyl (C=O) groups is 1. The lowest BCUT2D eigenvalue weighted by atomic mass is 10.1. The zero-order chi connectivity index (χ0) is 22.0. The number of ether oxygens (including phenoxy) is 1. The summed E-state index contributed by atoms with van der Waals surface area (Å²) in [5.74, 6) is 5.55. The maximum atomic E-state index is 12.8. The Kier molecular flexibility index (Phi) is 5.62. The van der Waals surface area contributed by atoms with Crippen LogP contribution < -0.4 is 15.3 Å². The average molecular weight is 439 g/mol. The first-order valence-corrected chi connectivity index (χ1v) is 11.1. The molecule has 1 aliphatic heterocycles. The maximum Gasteiger partial charge on any atom is 0.242 e. The van der Waals surface area contributed by atoms with Crippen molar-refractivity contribution in [1.82, 2.24) is 9.62 Å². The van der Waals surface area contributed by atoms with Gasteiger partial charge in [-0.3, -0.25) is 4.79 Å². The number of methoxy groups -OCH3 is 1. The van der Waals surface area contributed by atoms with Gasteiger partial charge in [-0.1, -0.05) is 30.3 Å². The van der Waals surface area contributed by atoms with Gasteiger partial charge in [0.05, 0.1) is 18.2 Å². The third kappa shape index (κ3) is 4.37. The van der Waals surface area contributed by atoms with E-state index in [9.17, 15) is 13.2 Å². The van der Waals surface area contributed by atoms with Gasteiger partial charge in [0.1, 0.15) is 11.8 Å². The zero-order valence-corrected chi connectivity index (χ0v) is 17.7. The highest BCUT2D eigenvalue weighted by Crippen LogP contribution is 2.25. The van der Waals surface area contributed by atoms with Crippen LogP contribution in [-0.2, 0) is 21.4 Å². The van der Waals surface area contributed by atoms with Crippen molar-refractivity contribution in [3.63, 3.8) is 0 Å². The van der Waals surface area contributed by atoms with Crippen molar-refractivity contribution in [2.24, 2.45) is 10.9 Å². The third-order valence-electron chi connectivity index (χ3n) is 5.19. The number of nitrogens with two attached hydrogens (primary N) is 1. The van der Waals surface area contributed by atoms with Gasteiger partial charge in [0.15, 0.2) is 0 Å². The molecule has 0 bridgehead atoms. The molecule has 8 nitrogen and oxygen atoms in total. The molecule has 0 aliphatic carbocycles. The highest BCUT2D eigenvalue weighted by atomic mass is 32.2. The summed E-state index contributed by atoms with van der Waals surface area (Å²) >= 11 is 0. The van der Waals surface area contributed by atoms with Crippen molar-refractivity contribution in [1.29, 1.82) is 0 Å². The Morgan fingerprint density at radius 1 is 1.16 bits per heavy atom. The largest absolute Gasteiger partial charge is 0.497 e. The molecule has 1 aliphatic rings. The number of β-lactam (4-membered cyclic amide) rings is 1. The van der Waals surface area contributed by atoms with E-state index < -0.39 is 16.1 Å². The third-order valence-corrected chi connectivity index (χ3v) is 6.66. The fraction of sp³-hybridized carbons (Fsp3) is 0.182. The molecule has 1 saturated heterocycles. The minimum atomic E-state index is -3.84. The lowest BCUT2D eigenvalue weighted by Crippen LogP contribution is -2.63. The fourth-order valence-electron chi connectivity index (χ4n) is 3.56. The van der Waals surface area contributed by atoms with Gasteiger partial charge in [0, 0.05) is 13.1 Å². The molecule has 0 saturated carbocycles. The highest BCUT2D eigenvalue weighted by Gasteiger charge is 2.39. The van der Waals surface area contributed by atoms with Gasteiger partial charge in [0.2, 0.25) is 15.9 Å². The summed E-state index contributed by atoms with van der Waals surface area (Å²) in [6.07, 6.45) is 1.53. The Morgan fingerprint density at radius 3 is 2.71 bits per heavy atom. The van der Waals surface area contributed by atoms with Gasteiger partial charge in [-0.05, 0) is 52.2 Å². The Balaban J connectivity index is 1.44. The number of rotatable bonds is 7. The predicted octanol–water partition coefficient (Wildman–Crippen LogP) is 1.83. The van der Waals surface area contributed by atoms with Crippen LogP contribution in [0.25, 0.3) is 10.8 Å². The van der Waals surface area contributed by atoms with Crippen molar-refractivity contribution < 1.29 is 17.9 Å². The number of sulfonamides is 1. The molecule has 160 valence electrons. The minimum absolute atomic E-state index is 0.105. The van der Waals surface area contributed by atoms with Gasteiger partial charge in [-0.2, -0.15) is 9.82 Å². The van der Waals surface area contributed by atoms with Gasteiger partial charge in [0.25, 0.3) is 0 Å². The normalized spacial score (nSPS) is 16.6. The summed E-state index contributed by atoms with van der Waals surface area (Å²) in [6.45, 7) is 0.688. The standard InChI is InChI=1S/C22H22N4O4S/c1-30-19-7-5-17-6-8-20(11-18(17)10-19)31(28,29)25-21-14-26(22(21)27)13-16-4-2-3-15(9-16)12-24-23/h2-12,21,25H,13-14,23H2,1H3/t21-/m0/s1. The second-order valence-corrected chi connectivity index (χ2v) is 9.00. The average Bonchev–Trinajstić information content (AvgIpc) is 2.77. The van der Waals surface area contributed by atoms with Crippen LogP contribution in [0, 0.1) is 0 Å². The predicted molar refractivity (Wildman–Crippen MR) is 118 cm³/mol. The molecular weight excluding hydrogens is 416 g/mol. The van der Waals surface area contributed by atoms with E-state index in [0.29, 0.717) is 18.8 Å². The number of hydrogen-bond donors (Lipinski definition) is 2. The summed E-state index contributed by atoms with van der Waals surface area (Å²) in [5, 5.41) is 5.13. The molecule has 9 heteroatoms. The van der Waals surface area contributed by atoms with Crippen LogP contribution in [0.15, 0.2) is 70.7 Å². The number of hydrogen-bond acceptors (Lipinski definition) is 6. The number of fused-ring (bicyclic) bond motifs is 1. The maximum absolute atomic E-state index is 12.8. The van der Waals surface area contributed by atoms with E-state index in [2.05, 4.69) is 9.82 Å². The van der Waals surface area contributed by atoms with Crippen molar-refractivity contribution >= 4 is 32.9 Å². The molecule has 0 aromatic heterocycles. The van der Waals surface area contributed by atoms with E-state index in [1.807, 2.05) is 36.4 Å². The summed E-state index contributed by atoms with van der Waals surface area (Å²) in [5.41, 5.74) is 1.74. The summed E-state index contributed by atoms with van der Waals surface area (Å²) < 4.78 is 33.4. The quantitative estimate of drug-likeness (QED) is 0.253. The lowest BCUT2D eigenvalue weighted by Gasteiger charge is -2.38. The van der Waals surface area contributed by atoms with E-state index in [1.54, 1.807) is 30.2 Å². The topological polar surface area (TPSA) is 114 Å². The number of amides is 1. The van der Waals surface area contributed by atoms with Crippen molar-refractivity contribution in [2.45, 2.75) is 17.5 Å². The van der Waals surface area contributed by atoms with E-state index in [4.69, 9.17) is 10.6 Å². The number of hydrazone groups is 1. The first kappa shape index (κ1) is 20.8. The van der Waals surface area contributed by atoms with Crippen LogP contribution in [0.4, 0.5) is 0 Å². The molecule has 1 amide bonds. The lowest BCUT2D eigenvalue weighted by molar-refractivity contribution is -0.143. The van der Waals surface area contributed by atoms with Crippen LogP contribution in [0.1, 0.15) is 11.1 Å². The summed E-state index contributed by atoms with van der Waals surface area (Å²) in [7, 11) is -2.29. The van der Waals surface area contributed by atoms with Gasteiger partial charge >= 0.3 is 0 Å². The highest BCUT2D eigenvalue weighted by molar-refractivity contribution is 7.89. The number of nitrogens with one attached hydrogen (secondary N) is 1. The molecule has 0 radical (unpaired) electrons. The van der Waals surface area contributed by atoms with Crippen LogP contribution in [0.5, 0.6) is 5.75 Å². The van der Waals surface area contributed by atoms with Gasteiger partial charge in [-0.15, -0.1) is 0 Å². The molecule has 3 N–H and O–H groups in total. The van der Waals surface area contributed by atoms with Crippen molar-refractivity contribution in [3.05, 3.63) is 71.8 Å². The van der Waals surface area contributed by atoms with E-state index >= 15 is 0 Å². The number of nitrogens with zero attached hydrogens (tertiary/aromatic N) is 2. The summed E-state index contributed by atoms with van der Waals surface area (Å²) in [4.78, 5) is 14.2. The van der Waals surface area contributed by atoms with Crippen molar-refractivity contribution in [3.8, 4) is 5.75 Å². The second kappa shape index (κ2) is 8.37. The van der Waals surface area contributed by atoms with Gasteiger partial charge in [-0.25, -0.2) is 8.42 Å². The summed E-state index contributed by atoms with van der Waals surface area (Å²) in [6, 6.07) is 17.0. The van der Waals surface area contributed by atoms with Crippen LogP contribution in [-0.4, -0.2) is 45.1 Å². The smallest absolute Gasteiger partial charge is 0.242 e. The Morgan fingerprint density at radius 2 is 1.97 bits per heavy atom. The van der Waals surface area contributed by atoms with E-state index in [0.717, 1.165) is 21.9 Å². The Bertz CT molecular complexity index is 1270.